The molecule has 2 heterocycles. The summed E-state index contributed by atoms with van der Waals surface area (Å²) in [6, 6.07) is 4.20. The van der Waals surface area contributed by atoms with Crippen LogP contribution in [0.5, 0.6) is 0 Å². The van der Waals surface area contributed by atoms with Crippen LogP contribution >= 0.6 is 11.3 Å². The van der Waals surface area contributed by atoms with Gasteiger partial charge in [0, 0.05) is 24.2 Å². The van der Waals surface area contributed by atoms with Gasteiger partial charge in [-0.25, -0.2) is 0 Å². The third-order valence-corrected chi connectivity index (χ3v) is 3.13. The Balaban J connectivity index is 2.05. The number of hydrogen-bond donors (Lipinski definition) is 1. The summed E-state index contributed by atoms with van der Waals surface area (Å²) >= 11 is 1.70. The van der Waals surface area contributed by atoms with Crippen molar-refractivity contribution in [2.75, 3.05) is 0 Å². The molecule has 0 amide bonds. The number of nitrogens with zero attached hydrogens (tertiary/aromatic N) is 2. The van der Waals surface area contributed by atoms with E-state index in [1.54, 1.807) is 16.0 Å². The fourth-order valence-corrected chi connectivity index (χ4v) is 2.16. The van der Waals surface area contributed by atoms with E-state index in [2.05, 4.69) is 16.5 Å². The number of aromatic nitrogens is 2. The van der Waals surface area contributed by atoms with Crippen molar-refractivity contribution in [2.45, 2.75) is 12.5 Å². The van der Waals surface area contributed by atoms with Gasteiger partial charge in [-0.2, -0.15) is 5.10 Å². The molecule has 0 spiro atoms. The Morgan fingerprint density at radius 3 is 3.07 bits per heavy atom. The minimum atomic E-state index is 0.0965. The standard InChI is InChI=1S/C10H13N3S/c1-13-7-8(6-12-13)5-9(11)10-3-2-4-14-10/h2-4,6-7,9H,5,11H2,1H3. The van der Waals surface area contributed by atoms with Gasteiger partial charge in [0.15, 0.2) is 0 Å². The van der Waals surface area contributed by atoms with E-state index in [1.807, 2.05) is 25.5 Å². The lowest BCUT2D eigenvalue weighted by atomic mass is 10.1. The molecule has 14 heavy (non-hydrogen) atoms. The Morgan fingerprint density at radius 2 is 2.50 bits per heavy atom. The fraction of sp³-hybridized carbons (Fsp3) is 0.300. The van der Waals surface area contributed by atoms with Crippen molar-refractivity contribution in [3.8, 4) is 0 Å². The molecule has 2 N–H and O–H groups in total. The summed E-state index contributed by atoms with van der Waals surface area (Å²) in [5.74, 6) is 0. The molecule has 2 aromatic rings. The van der Waals surface area contributed by atoms with Crippen LogP contribution in [0.4, 0.5) is 0 Å². The molecule has 3 nitrogen and oxygen atoms in total. The molecule has 4 heteroatoms. The fourth-order valence-electron chi connectivity index (χ4n) is 1.43. The van der Waals surface area contributed by atoms with E-state index in [9.17, 15) is 0 Å². The first-order valence-electron chi connectivity index (χ1n) is 4.52. The van der Waals surface area contributed by atoms with Crippen molar-refractivity contribution in [3.05, 3.63) is 40.3 Å². The molecule has 0 aliphatic heterocycles. The predicted molar refractivity (Wildman–Crippen MR) is 58.2 cm³/mol. The number of thiophene rings is 1. The van der Waals surface area contributed by atoms with Crippen LogP contribution < -0.4 is 5.73 Å². The average Bonchev–Trinajstić information content (AvgIpc) is 2.75. The Hall–Kier alpha value is -1.13. The van der Waals surface area contributed by atoms with Gasteiger partial charge in [0.05, 0.1) is 6.20 Å². The number of nitrogens with two attached hydrogens (primary N) is 1. The zero-order valence-electron chi connectivity index (χ0n) is 8.05. The highest BCUT2D eigenvalue weighted by Gasteiger charge is 2.08. The van der Waals surface area contributed by atoms with Crippen molar-refractivity contribution in [1.82, 2.24) is 9.78 Å². The lowest BCUT2D eigenvalue weighted by Gasteiger charge is -2.06. The van der Waals surface area contributed by atoms with Crippen molar-refractivity contribution < 1.29 is 0 Å². The molecule has 0 bridgehead atoms. The van der Waals surface area contributed by atoms with Crippen molar-refractivity contribution in [2.24, 2.45) is 12.8 Å². The first-order valence-corrected chi connectivity index (χ1v) is 5.40. The lowest BCUT2D eigenvalue weighted by Crippen LogP contribution is -2.11. The van der Waals surface area contributed by atoms with Crippen LogP contribution in [0.2, 0.25) is 0 Å². The summed E-state index contributed by atoms with van der Waals surface area (Å²) in [6.07, 6.45) is 4.73. The minimum absolute atomic E-state index is 0.0965. The van der Waals surface area contributed by atoms with Gasteiger partial charge >= 0.3 is 0 Å². The second-order valence-electron chi connectivity index (χ2n) is 3.35. The maximum absolute atomic E-state index is 6.05. The summed E-state index contributed by atoms with van der Waals surface area (Å²) in [7, 11) is 1.92. The van der Waals surface area contributed by atoms with E-state index < -0.39 is 0 Å². The third-order valence-electron chi connectivity index (χ3n) is 2.12. The van der Waals surface area contributed by atoms with Gasteiger partial charge in [0.25, 0.3) is 0 Å². The molecule has 0 saturated heterocycles. The molecule has 0 saturated carbocycles. The second-order valence-corrected chi connectivity index (χ2v) is 4.33. The van der Waals surface area contributed by atoms with Gasteiger partial charge < -0.3 is 5.73 Å². The summed E-state index contributed by atoms with van der Waals surface area (Å²) in [5, 5.41) is 6.17. The lowest BCUT2D eigenvalue weighted by molar-refractivity contribution is 0.732. The average molecular weight is 207 g/mol. The van der Waals surface area contributed by atoms with Gasteiger partial charge in [-0.1, -0.05) is 6.07 Å². The number of aryl methyl sites for hydroxylation is 1. The topological polar surface area (TPSA) is 43.8 Å². The highest BCUT2D eigenvalue weighted by atomic mass is 32.1. The molecule has 2 rings (SSSR count). The minimum Gasteiger partial charge on any atom is -0.323 e. The summed E-state index contributed by atoms with van der Waals surface area (Å²) < 4.78 is 1.80. The monoisotopic (exact) mass is 207 g/mol. The largest absolute Gasteiger partial charge is 0.323 e. The molecule has 2 aromatic heterocycles. The van der Waals surface area contributed by atoms with E-state index in [4.69, 9.17) is 5.73 Å². The molecule has 0 aliphatic carbocycles. The first kappa shape index (κ1) is 9.43. The molecule has 0 radical (unpaired) electrons. The number of hydrogen-bond acceptors (Lipinski definition) is 3. The Morgan fingerprint density at radius 1 is 1.64 bits per heavy atom. The normalized spacial score (nSPS) is 13.0. The van der Waals surface area contributed by atoms with E-state index in [-0.39, 0.29) is 6.04 Å². The predicted octanol–water partition coefficient (Wildman–Crippen LogP) is 1.72. The van der Waals surface area contributed by atoms with Crippen LogP contribution in [-0.2, 0) is 13.5 Å². The highest BCUT2D eigenvalue weighted by molar-refractivity contribution is 7.10. The van der Waals surface area contributed by atoms with Crippen LogP contribution in [0, 0.1) is 0 Å². The summed E-state index contributed by atoms with van der Waals surface area (Å²) in [4.78, 5) is 1.23. The Labute approximate surface area is 87.2 Å². The second kappa shape index (κ2) is 3.94. The van der Waals surface area contributed by atoms with Crippen LogP contribution in [0.3, 0.4) is 0 Å². The van der Waals surface area contributed by atoms with Crippen LogP contribution in [0.15, 0.2) is 29.9 Å². The first-order chi connectivity index (χ1) is 6.75. The van der Waals surface area contributed by atoms with Gasteiger partial charge in [-0.3, -0.25) is 4.68 Å². The molecule has 0 aromatic carbocycles. The molecular weight excluding hydrogens is 194 g/mol. The van der Waals surface area contributed by atoms with Gasteiger partial charge in [0.1, 0.15) is 0 Å². The SMILES string of the molecule is Cn1cc(CC(N)c2cccs2)cn1. The highest BCUT2D eigenvalue weighted by Crippen LogP contribution is 2.20. The van der Waals surface area contributed by atoms with E-state index in [0.29, 0.717) is 0 Å². The van der Waals surface area contributed by atoms with Crippen LogP contribution in [-0.4, -0.2) is 9.78 Å². The molecule has 0 fully saturated rings. The zero-order chi connectivity index (χ0) is 9.97. The maximum Gasteiger partial charge on any atom is 0.0522 e. The smallest absolute Gasteiger partial charge is 0.0522 e. The van der Waals surface area contributed by atoms with Gasteiger partial charge in [-0.15, -0.1) is 11.3 Å². The van der Waals surface area contributed by atoms with Gasteiger partial charge in [-0.05, 0) is 23.4 Å². The number of rotatable bonds is 3. The quantitative estimate of drug-likeness (QED) is 0.833. The van der Waals surface area contributed by atoms with Crippen molar-refractivity contribution >= 4 is 11.3 Å². The molecule has 74 valence electrons. The van der Waals surface area contributed by atoms with Crippen LogP contribution in [0.25, 0.3) is 0 Å². The molecule has 0 aliphatic rings. The molecule has 1 unspecified atom stereocenters. The van der Waals surface area contributed by atoms with E-state index >= 15 is 0 Å². The third kappa shape index (κ3) is 2.02. The van der Waals surface area contributed by atoms with Gasteiger partial charge in [0.2, 0.25) is 0 Å². The van der Waals surface area contributed by atoms with Crippen molar-refractivity contribution in [3.63, 3.8) is 0 Å². The zero-order valence-corrected chi connectivity index (χ0v) is 8.87. The molecule has 1 atom stereocenters. The maximum atomic E-state index is 6.05. The Bertz CT molecular complexity index is 391. The molecular formula is C10H13N3S. The van der Waals surface area contributed by atoms with Crippen LogP contribution in [0.1, 0.15) is 16.5 Å². The van der Waals surface area contributed by atoms with E-state index in [0.717, 1.165) is 6.42 Å². The van der Waals surface area contributed by atoms with Crippen molar-refractivity contribution in [1.29, 1.82) is 0 Å². The summed E-state index contributed by atoms with van der Waals surface area (Å²) in [6.45, 7) is 0. The van der Waals surface area contributed by atoms with E-state index in [1.165, 1.54) is 10.4 Å². The summed E-state index contributed by atoms with van der Waals surface area (Å²) in [5.41, 5.74) is 7.24. The Kier molecular flexibility index (Phi) is 2.65.